The zero-order valence-electron chi connectivity index (χ0n) is 4.37. The van der Waals surface area contributed by atoms with Gasteiger partial charge < -0.3 is 11.5 Å². The van der Waals surface area contributed by atoms with Crippen molar-refractivity contribution in [2.75, 3.05) is 0 Å². The molecule has 0 atom stereocenters. The summed E-state index contributed by atoms with van der Waals surface area (Å²) in [6, 6.07) is 1.64. The van der Waals surface area contributed by atoms with E-state index >= 15 is 0 Å². The summed E-state index contributed by atoms with van der Waals surface area (Å²) in [5, 5.41) is 14.5. The molecule has 0 aliphatic heterocycles. The third kappa shape index (κ3) is 637. The fraction of sp³-hybridized carbons (Fsp3) is 0. The van der Waals surface area contributed by atoms with E-state index in [1.54, 1.807) is 0 Å². The van der Waals surface area contributed by atoms with E-state index in [9.17, 15) is 0 Å². The van der Waals surface area contributed by atoms with Crippen molar-refractivity contribution in [3.8, 4) is 12.1 Å². The highest BCUT2D eigenvalue weighted by Crippen LogP contribution is 1.27. The van der Waals surface area contributed by atoms with E-state index in [0.717, 1.165) is 0 Å². The molecule has 0 aromatic heterocycles. The Balaban J connectivity index is -0.0000000720. The fourth-order valence-electron chi connectivity index (χ4n) is 0. The lowest BCUT2D eigenvalue weighted by molar-refractivity contribution is 0.256. The first-order chi connectivity index (χ1) is 3.65. The molecule has 0 aliphatic carbocycles. The lowest BCUT2D eigenvalue weighted by Gasteiger charge is -1.62. The van der Waals surface area contributed by atoms with Gasteiger partial charge in [-0.1, -0.05) is 0 Å². The van der Waals surface area contributed by atoms with E-state index < -0.39 is 6.03 Å². The summed E-state index contributed by atoms with van der Waals surface area (Å²) in [6.45, 7) is 0. The predicted molar refractivity (Wildman–Crippen MR) is 32.2 cm³/mol. The number of rotatable bonds is 0. The molecule has 5 nitrogen and oxygen atoms in total. The van der Waals surface area contributed by atoms with Crippen molar-refractivity contribution >= 4 is 18.4 Å². The molecule has 2 amide bonds. The number of nitrogens with two attached hydrogens (primary N) is 2. The van der Waals surface area contributed by atoms with Crippen molar-refractivity contribution in [2.24, 2.45) is 11.5 Å². The lowest BCUT2D eigenvalue weighted by Crippen LogP contribution is -2.18. The molecule has 0 fully saturated rings. The number of hydrogen-bond donors (Lipinski definition) is 2. The number of primary amides is 2. The summed E-state index contributed by atoms with van der Waals surface area (Å²) in [5.41, 5.74) is 8.50. The molecular formula is C3H5ClN4O. The predicted octanol–water partition coefficient (Wildman–Crippen LogP) is -0.521. The number of carbonyl (C=O) groups is 1. The van der Waals surface area contributed by atoms with Crippen LogP contribution in [0.3, 0.4) is 0 Å². The first kappa shape index (κ1) is 15.6. The highest BCUT2D eigenvalue weighted by atomic mass is 35.5. The maximum atomic E-state index is 9.00. The number of hydrogen-bond acceptors (Lipinski definition) is 3. The molecule has 0 spiro atoms. The van der Waals surface area contributed by atoms with E-state index in [4.69, 9.17) is 15.3 Å². The van der Waals surface area contributed by atoms with Gasteiger partial charge in [0.1, 0.15) is 0 Å². The Morgan fingerprint density at radius 1 is 1.22 bits per heavy atom. The van der Waals surface area contributed by atoms with Gasteiger partial charge >= 0.3 is 6.03 Å². The Bertz CT molecular complexity index is 127. The van der Waals surface area contributed by atoms with E-state index in [1.165, 1.54) is 12.1 Å². The first-order valence-electron chi connectivity index (χ1n) is 1.48. The molecule has 0 unspecified atom stereocenters. The molecule has 9 heavy (non-hydrogen) atoms. The Hall–Kier alpha value is -1.46. The third-order valence-corrected chi connectivity index (χ3v) is 0.0500. The highest BCUT2D eigenvalue weighted by molar-refractivity contribution is 5.85. The second-order valence-electron chi connectivity index (χ2n) is 0.626. The van der Waals surface area contributed by atoms with Crippen LogP contribution < -0.4 is 11.5 Å². The molecule has 0 rings (SSSR count). The average Bonchev–Trinajstić information content (AvgIpc) is 1.65. The standard InChI is InChI=1S/C2N2.CH4N2O.ClH/c3-1-2-4;2-1(3)4;/h;(H4,2,3,4);1H. The van der Waals surface area contributed by atoms with Crippen LogP contribution in [0.5, 0.6) is 0 Å². The largest absolute Gasteiger partial charge is 0.352 e. The van der Waals surface area contributed by atoms with Gasteiger partial charge in [0.05, 0.1) is 0 Å². The van der Waals surface area contributed by atoms with Gasteiger partial charge in [0, 0.05) is 0 Å². The number of nitrogens with zero attached hydrogens (tertiary/aromatic N) is 2. The number of carbonyl (C=O) groups excluding carboxylic acids is 1. The summed E-state index contributed by atoms with van der Waals surface area (Å²) < 4.78 is 0. The molecular weight excluding hydrogens is 144 g/mol. The topological polar surface area (TPSA) is 117 Å². The fourth-order valence-corrected chi connectivity index (χ4v) is 0. The molecule has 4 N–H and O–H groups in total. The summed E-state index contributed by atoms with van der Waals surface area (Å²) in [7, 11) is 0. The number of urea groups is 1. The van der Waals surface area contributed by atoms with Gasteiger partial charge in [-0.25, -0.2) is 4.79 Å². The Morgan fingerprint density at radius 2 is 1.33 bits per heavy atom. The SMILES string of the molecule is Cl.N#CC#N.NC(N)=O. The van der Waals surface area contributed by atoms with Gasteiger partial charge in [-0.3, -0.25) is 0 Å². The molecule has 0 saturated carbocycles. The van der Waals surface area contributed by atoms with Gasteiger partial charge in [-0.2, -0.15) is 10.5 Å². The Labute approximate surface area is 58.3 Å². The van der Waals surface area contributed by atoms with Crippen LogP contribution in [0.15, 0.2) is 0 Å². The maximum absolute atomic E-state index is 9.00. The number of nitriles is 2. The third-order valence-electron chi connectivity index (χ3n) is 0.0500. The van der Waals surface area contributed by atoms with Crippen LogP contribution in [-0.4, -0.2) is 6.03 Å². The summed E-state index contributed by atoms with van der Waals surface area (Å²) in [6.07, 6.45) is 0. The normalized spacial score (nSPS) is 3.78. The van der Waals surface area contributed by atoms with E-state index in [1.807, 2.05) is 0 Å². The van der Waals surface area contributed by atoms with Crippen molar-refractivity contribution in [1.29, 1.82) is 10.5 Å². The second kappa shape index (κ2) is 16.0. The minimum absolute atomic E-state index is 0. The minimum Gasteiger partial charge on any atom is -0.352 e. The average molecular weight is 149 g/mol. The van der Waals surface area contributed by atoms with Crippen molar-refractivity contribution in [1.82, 2.24) is 0 Å². The van der Waals surface area contributed by atoms with Crippen LogP contribution in [0.2, 0.25) is 0 Å². The van der Waals surface area contributed by atoms with Gasteiger partial charge in [-0.15, -0.1) is 12.4 Å². The Kier molecular flexibility index (Phi) is 27.8. The van der Waals surface area contributed by atoms with E-state index in [-0.39, 0.29) is 12.4 Å². The van der Waals surface area contributed by atoms with Crippen LogP contribution in [0.25, 0.3) is 0 Å². The van der Waals surface area contributed by atoms with Crippen LogP contribution in [0, 0.1) is 22.7 Å². The van der Waals surface area contributed by atoms with Crippen LogP contribution >= 0.6 is 12.4 Å². The monoisotopic (exact) mass is 148 g/mol. The molecule has 0 aliphatic rings. The molecule has 0 aromatic carbocycles. The summed E-state index contributed by atoms with van der Waals surface area (Å²) in [5.74, 6) is 0. The van der Waals surface area contributed by atoms with Gasteiger partial charge in [-0.05, 0) is 0 Å². The quantitative estimate of drug-likeness (QED) is 0.481. The van der Waals surface area contributed by atoms with Crippen molar-refractivity contribution in [2.45, 2.75) is 0 Å². The van der Waals surface area contributed by atoms with Crippen LogP contribution in [-0.2, 0) is 0 Å². The maximum Gasteiger partial charge on any atom is 0.309 e. The van der Waals surface area contributed by atoms with Crippen molar-refractivity contribution < 1.29 is 4.79 Å². The second-order valence-corrected chi connectivity index (χ2v) is 0.626. The van der Waals surface area contributed by atoms with E-state index in [2.05, 4.69) is 11.5 Å². The van der Waals surface area contributed by atoms with Crippen molar-refractivity contribution in [3.63, 3.8) is 0 Å². The van der Waals surface area contributed by atoms with E-state index in [0.29, 0.717) is 0 Å². The molecule has 50 valence electrons. The number of amides is 2. The molecule has 6 heteroatoms. The molecule has 0 bridgehead atoms. The lowest BCUT2D eigenvalue weighted by atomic mass is 10.9. The highest BCUT2D eigenvalue weighted by Gasteiger charge is 1.60. The van der Waals surface area contributed by atoms with Gasteiger partial charge in [0.15, 0.2) is 12.1 Å². The Morgan fingerprint density at radius 3 is 1.33 bits per heavy atom. The smallest absolute Gasteiger partial charge is 0.309 e. The summed E-state index contributed by atoms with van der Waals surface area (Å²) in [4.78, 5) is 9.00. The minimum atomic E-state index is -0.833. The first-order valence-corrected chi connectivity index (χ1v) is 1.48. The summed E-state index contributed by atoms with van der Waals surface area (Å²) >= 11 is 0. The molecule has 0 heterocycles. The zero-order chi connectivity index (χ0) is 6.99. The van der Waals surface area contributed by atoms with Crippen LogP contribution in [0.4, 0.5) is 4.79 Å². The zero-order valence-corrected chi connectivity index (χ0v) is 5.18. The van der Waals surface area contributed by atoms with Crippen molar-refractivity contribution in [3.05, 3.63) is 0 Å². The number of halogens is 1. The molecule has 0 radical (unpaired) electrons. The molecule has 0 saturated heterocycles. The van der Waals surface area contributed by atoms with Gasteiger partial charge in [0.25, 0.3) is 0 Å². The van der Waals surface area contributed by atoms with Crippen LogP contribution in [0.1, 0.15) is 0 Å². The van der Waals surface area contributed by atoms with Gasteiger partial charge in [0.2, 0.25) is 0 Å². The molecule has 0 aromatic rings.